The van der Waals surface area contributed by atoms with Gasteiger partial charge >= 0.3 is 21.4 Å². The van der Waals surface area contributed by atoms with Crippen LogP contribution in [0.25, 0.3) is 0 Å². The lowest BCUT2D eigenvalue weighted by Crippen LogP contribution is -2.40. The first kappa shape index (κ1) is 22.8. The Bertz CT molecular complexity index is 528. The monoisotopic (exact) mass is 402 g/mol. The van der Waals surface area contributed by atoms with Gasteiger partial charge in [-0.3, -0.25) is 22.9 Å². The van der Waals surface area contributed by atoms with Crippen molar-refractivity contribution in [2.24, 2.45) is 0 Å². The molecule has 25 heavy (non-hydrogen) atoms. The maximum Gasteiger partial charge on any atom is 0.475 e. The Kier molecular flexibility index (Phi) is 8.28. The Morgan fingerprint density at radius 3 is 1.76 bits per heavy atom. The summed E-state index contributed by atoms with van der Waals surface area (Å²) in [6.45, 7) is 9.86. The third kappa shape index (κ3) is 5.36. The van der Waals surface area contributed by atoms with E-state index in [0.717, 1.165) is 0 Å². The van der Waals surface area contributed by atoms with Gasteiger partial charge in [-0.1, -0.05) is 0 Å². The van der Waals surface area contributed by atoms with E-state index in [0.29, 0.717) is 0 Å². The fraction of sp³-hybridized carbons (Fsp3) is 0.929. The molecule has 0 spiro atoms. The third-order valence-electron chi connectivity index (χ3n) is 3.35. The van der Waals surface area contributed by atoms with Crippen molar-refractivity contribution in [1.82, 2.24) is 0 Å². The molecule has 1 saturated heterocycles. The van der Waals surface area contributed by atoms with Gasteiger partial charge < -0.3 is 13.8 Å². The SMILES string of the molecule is CCOP(=O)(OCC)O[C@@H]1[C@@H](P(=O)(OCC)OCC)C(=O)OC1(C)C. The molecule has 2 atom stereocenters. The minimum absolute atomic E-state index is 0.0583. The molecule has 0 bridgehead atoms. The van der Waals surface area contributed by atoms with E-state index >= 15 is 0 Å². The molecule has 1 heterocycles. The average Bonchev–Trinajstić information content (AvgIpc) is 2.69. The topological polar surface area (TPSA) is 107 Å². The molecule has 0 N–H and O–H groups in total. The smallest absolute Gasteiger partial charge is 0.456 e. The van der Waals surface area contributed by atoms with Crippen LogP contribution in [0.4, 0.5) is 0 Å². The van der Waals surface area contributed by atoms with Gasteiger partial charge in [0.1, 0.15) is 11.7 Å². The second kappa shape index (κ2) is 9.09. The number of esters is 1. The summed E-state index contributed by atoms with van der Waals surface area (Å²) in [4.78, 5) is 12.4. The molecule has 0 aromatic carbocycles. The van der Waals surface area contributed by atoms with Gasteiger partial charge in [0.25, 0.3) is 0 Å². The van der Waals surface area contributed by atoms with E-state index in [-0.39, 0.29) is 26.4 Å². The van der Waals surface area contributed by atoms with E-state index in [1.165, 1.54) is 0 Å². The standard InChI is InChI=1S/C14H28O9P2/c1-7-18-24(16,19-8-2)11-12(14(5,6)22-13(11)15)23-25(17,20-9-3)21-10-4/h11-12H,7-10H2,1-6H3/t11-,12-/m1/s1. The van der Waals surface area contributed by atoms with Crippen LogP contribution in [0.5, 0.6) is 0 Å². The van der Waals surface area contributed by atoms with Crippen molar-refractivity contribution < 1.29 is 41.3 Å². The fourth-order valence-corrected chi connectivity index (χ4v) is 6.23. The van der Waals surface area contributed by atoms with Crippen molar-refractivity contribution in [2.45, 2.75) is 58.9 Å². The summed E-state index contributed by atoms with van der Waals surface area (Å²) in [5.74, 6) is -0.806. The second-order valence-electron chi connectivity index (χ2n) is 5.65. The number of hydrogen-bond donors (Lipinski definition) is 0. The largest absolute Gasteiger partial charge is 0.475 e. The highest BCUT2D eigenvalue weighted by Crippen LogP contribution is 2.62. The van der Waals surface area contributed by atoms with E-state index in [1.807, 2.05) is 0 Å². The zero-order valence-electron chi connectivity index (χ0n) is 15.6. The maximum atomic E-state index is 13.1. The molecular weight excluding hydrogens is 374 g/mol. The van der Waals surface area contributed by atoms with E-state index < -0.39 is 38.8 Å². The number of phosphoric acid groups is 1. The third-order valence-corrected chi connectivity index (χ3v) is 7.39. The van der Waals surface area contributed by atoms with Crippen molar-refractivity contribution in [3.8, 4) is 0 Å². The Labute approximate surface area is 148 Å². The van der Waals surface area contributed by atoms with Gasteiger partial charge in [0.15, 0.2) is 5.66 Å². The minimum Gasteiger partial charge on any atom is -0.456 e. The molecule has 0 aromatic heterocycles. The summed E-state index contributed by atoms with van der Waals surface area (Å²) in [6, 6.07) is 0. The molecule has 0 amide bonds. The highest BCUT2D eigenvalue weighted by atomic mass is 31.2. The van der Waals surface area contributed by atoms with Gasteiger partial charge in [0, 0.05) is 0 Å². The van der Waals surface area contributed by atoms with Crippen LogP contribution < -0.4 is 0 Å². The van der Waals surface area contributed by atoms with Crippen LogP contribution >= 0.6 is 15.4 Å². The maximum absolute atomic E-state index is 13.1. The van der Waals surface area contributed by atoms with Crippen LogP contribution in [0.1, 0.15) is 41.5 Å². The Hall–Kier alpha value is -0.270. The molecule has 1 rings (SSSR count). The zero-order valence-corrected chi connectivity index (χ0v) is 17.3. The van der Waals surface area contributed by atoms with Crippen LogP contribution in [-0.2, 0) is 41.3 Å². The van der Waals surface area contributed by atoms with Gasteiger partial charge in [-0.2, -0.15) is 0 Å². The molecule has 0 aromatic rings. The average molecular weight is 402 g/mol. The molecule has 0 unspecified atom stereocenters. The predicted molar refractivity (Wildman–Crippen MR) is 90.5 cm³/mol. The minimum atomic E-state index is -3.98. The molecular formula is C14H28O9P2. The molecule has 0 aliphatic carbocycles. The highest BCUT2D eigenvalue weighted by molar-refractivity contribution is 7.56. The van der Waals surface area contributed by atoms with E-state index in [9.17, 15) is 13.9 Å². The van der Waals surface area contributed by atoms with Crippen molar-refractivity contribution in [3.05, 3.63) is 0 Å². The summed E-state index contributed by atoms with van der Waals surface area (Å²) in [5, 5.41) is 0. The number of phosphoric ester groups is 1. The highest BCUT2D eigenvalue weighted by Gasteiger charge is 2.62. The van der Waals surface area contributed by atoms with Gasteiger partial charge in [0.05, 0.1) is 26.4 Å². The fourth-order valence-electron chi connectivity index (χ4n) is 2.47. The number of ether oxygens (including phenoxy) is 1. The lowest BCUT2D eigenvalue weighted by atomic mass is 10.0. The Balaban J connectivity index is 3.27. The number of carbonyl (C=O) groups excluding carboxylic acids is 1. The molecule has 9 nitrogen and oxygen atoms in total. The summed E-state index contributed by atoms with van der Waals surface area (Å²) >= 11 is 0. The lowest BCUT2D eigenvalue weighted by molar-refractivity contribution is -0.147. The summed E-state index contributed by atoms with van der Waals surface area (Å²) in [7, 11) is -7.90. The van der Waals surface area contributed by atoms with E-state index in [4.69, 9.17) is 27.4 Å². The van der Waals surface area contributed by atoms with Crippen LogP contribution in [0.3, 0.4) is 0 Å². The Morgan fingerprint density at radius 2 is 1.36 bits per heavy atom. The number of hydrogen-bond acceptors (Lipinski definition) is 9. The zero-order chi connectivity index (χ0) is 19.3. The molecule has 1 aliphatic rings. The molecule has 0 saturated carbocycles. The molecule has 0 radical (unpaired) electrons. The number of carbonyl (C=O) groups is 1. The van der Waals surface area contributed by atoms with Crippen molar-refractivity contribution >= 4 is 21.4 Å². The number of rotatable bonds is 11. The summed E-state index contributed by atoms with van der Waals surface area (Å²) in [5.41, 5.74) is -2.62. The van der Waals surface area contributed by atoms with E-state index in [1.54, 1.807) is 41.5 Å². The number of cyclic esters (lactones) is 1. The van der Waals surface area contributed by atoms with Crippen LogP contribution in [-0.4, -0.2) is 49.8 Å². The molecule has 148 valence electrons. The van der Waals surface area contributed by atoms with Crippen molar-refractivity contribution in [1.29, 1.82) is 0 Å². The quantitative estimate of drug-likeness (QED) is 0.379. The van der Waals surface area contributed by atoms with Gasteiger partial charge in [0.2, 0.25) is 0 Å². The van der Waals surface area contributed by atoms with Gasteiger partial charge in [-0.25, -0.2) is 4.57 Å². The summed E-state index contributed by atoms with van der Waals surface area (Å²) in [6.07, 6.45) is -1.20. The lowest BCUT2D eigenvalue weighted by Gasteiger charge is -2.31. The normalized spacial score (nSPS) is 23.7. The molecule has 11 heteroatoms. The first-order chi connectivity index (χ1) is 11.6. The molecule has 1 fully saturated rings. The van der Waals surface area contributed by atoms with E-state index in [2.05, 4.69) is 0 Å². The first-order valence-corrected chi connectivity index (χ1v) is 11.4. The van der Waals surface area contributed by atoms with Crippen LogP contribution in [0.15, 0.2) is 0 Å². The Morgan fingerprint density at radius 1 is 0.920 bits per heavy atom. The van der Waals surface area contributed by atoms with Gasteiger partial charge in [-0.15, -0.1) is 0 Å². The van der Waals surface area contributed by atoms with Crippen LogP contribution in [0.2, 0.25) is 0 Å². The predicted octanol–water partition coefficient (Wildman–Crippen LogP) is 3.52. The molecule has 1 aliphatic heterocycles. The first-order valence-electron chi connectivity index (χ1n) is 8.28. The van der Waals surface area contributed by atoms with Crippen LogP contribution in [0, 0.1) is 0 Å². The second-order valence-corrected chi connectivity index (χ2v) is 9.43. The summed E-state index contributed by atoms with van der Waals surface area (Å²) < 4.78 is 57.5. The van der Waals surface area contributed by atoms with Crippen molar-refractivity contribution in [2.75, 3.05) is 26.4 Å². The van der Waals surface area contributed by atoms with Crippen molar-refractivity contribution in [3.63, 3.8) is 0 Å². The van der Waals surface area contributed by atoms with Gasteiger partial charge in [-0.05, 0) is 41.5 Å².